The molecule has 1 heterocycles. The molecule has 0 saturated heterocycles. The Morgan fingerprint density at radius 2 is 2.17 bits per heavy atom. The molecule has 2 rings (SSSR count). The predicted octanol–water partition coefficient (Wildman–Crippen LogP) is 1.93. The summed E-state index contributed by atoms with van der Waals surface area (Å²) < 4.78 is 9.06. The maximum absolute atomic E-state index is 7.30. The zero-order chi connectivity index (χ0) is 9.10. The van der Waals surface area contributed by atoms with Crippen molar-refractivity contribution < 1.29 is 1.37 Å². The van der Waals surface area contributed by atoms with Crippen molar-refractivity contribution in [3.63, 3.8) is 0 Å². The van der Waals surface area contributed by atoms with Gasteiger partial charge in [-0.1, -0.05) is 30.3 Å². The van der Waals surface area contributed by atoms with Crippen LogP contribution in [0.25, 0.3) is 0 Å². The molecular weight excluding hydrogens is 148 g/mol. The normalized spacial score (nSPS) is 11.2. The molecule has 0 spiro atoms. The van der Waals surface area contributed by atoms with Crippen molar-refractivity contribution in [2.24, 2.45) is 0 Å². The van der Waals surface area contributed by atoms with Gasteiger partial charge in [0.15, 0.2) is 0 Å². The van der Waals surface area contributed by atoms with E-state index in [1.54, 1.807) is 17.1 Å². The molecule has 2 heteroatoms. The van der Waals surface area contributed by atoms with Crippen LogP contribution in [0.5, 0.6) is 0 Å². The van der Waals surface area contributed by atoms with Crippen molar-refractivity contribution in [3.05, 3.63) is 54.3 Å². The predicted molar refractivity (Wildman–Crippen MR) is 47.8 cm³/mol. The largest absolute Gasteiger partial charge is 0.268 e. The van der Waals surface area contributed by atoms with E-state index in [-0.39, 0.29) is 0 Å². The lowest BCUT2D eigenvalue weighted by atomic mass is 10.2. The minimum absolute atomic E-state index is 0.455. The van der Waals surface area contributed by atoms with Crippen LogP contribution in [0.4, 0.5) is 0 Å². The summed E-state index contributed by atoms with van der Waals surface area (Å²) in [7, 11) is 0. The maximum atomic E-state index is 7.30. The molecule has 0 aliphatic heterocycles. The van der Waals surface area contributed by atoms with Crippen LogP contribution in [0.2, 0.25) is 0 Å². The number of hydrogen-bond acceptors (Lipinski definition) is 1. The molecule has 0 aliphatic rings. The van der Waals surface area contributed by atoms with Gasteiger partial charge in [-0.2, -0.15) is 5.10 Å². The van der Waals surface area contributed by atoms with Crippen molar-refractivity contribution in [3.8, 4) is 0 Å². The summed E-state index contributed by atoms with van der Waals surface area (Å²) in [6, 6.07) is 10.5. The van der Waals surface area contributed by atoms with Crippen LogP contribution in [0.1, 0.15) is 6.93 Å². The molecule has 1 aromatic carbocycles. The fraction of sp³-hybridized carbons (Fsp3) is 0.100. The molecule has 0 amide bonds. The average Bonchev–Trinajstić information content (AvgIpc) is 2.53. The molecule has 2 aromatic rings. The molecule has 0 atom stereocenters. The van der Waals surface area contributed by atoms with E-state index in [1.807, 2.05) is 30.3 Å². The van der Waals surface area contributed by atoms with Gasteiger partial charge in [0.05, 0.1) is 7.92 Å². The van der Waals surface area contributed by atoms with E-state index in [1.165, 1.54) is 5.56 Å². The minimum atomic E-state index is 0.455. The first-order valence-electron chi connectivity index (χ1n) is 4.37. The first-order chi connectivity index (χ1) is 6.34. The molecule has 1 aromatic heterocycles. The van der Waals surface area contributed by atoms with Gasteiger partial charge in [-0.05, 0) is 11.6 Å². The van der Waals surface area contributed by atoms with E-state index < -0.39 is 0 Å². The van der Waals surface area contributed by atoms with Crippen LogP contribution < -0.4 is 0 Å². The van der Waals surface area contributed by atoms with Gasteiger partial charge in [0.1, 0.15) is 0 Å². The molecule has 0 unspecified atom stereocenters. The Kier molecular flexibility index (Phi) is 1.61. The number of hydrogen-bond donors (Lipinski definition) is 0. The summed E-state index contributed by atoms with van der Waals surface area (Å²) in [6.07, 6.45) is 3.26. The van der Waals surface area contributed by atoms with Crippen molar-refractivity contribution in [2.45, 2.75) is 6.54 Å². The number of nitrogens with zero attached hydrogens (tertiary/aromatic N) is 2. The standard InChI is InChI=1S/C10H10N2/c1-2-5-10(6-3-1)9-12-8-4-7-11-12/h1-8H,9H2/i4D. The van der Waals surface area contributed by atoms with Crippen molar-refractivity contribution in [1.29, 1.82) is 0 Å². The van der Waals surface area contributed by atoms with Gasteiger partial charge in [-0.3, -0.25) is 4.68 Å². The smallest absolute Gasteiger partial charge is 0.0659 e. The van der Waals surface area contributed by atoms with Gasteiger partial charge in [0.25, 0.3) is 0 Å². The molecule has 0 fully saturated rings. The Hall–Kier alpha value is -1.57. The quantitative estimate of drug-likeness (QED) is 0.654. The van der Waals surface area contributed by atoms with Crippen LogP contribution in [0.3, 0.4) is 0 Å². The second-order valence-electron chi connectivity index (χ2n) is 2.62. The van der Waals surface area contributed by atoms with E-state index in [9.17, 15) is 0 Å². The van der Waals surface area contributed by atoms with Crippen molar-refractivity contribution in [2.75, 3.05) is 0 Å². The Labute approximate surface area is 72.9 Å². The third-order valence-corrected chi connectivity index (χ3v) is 1.69. The molecule has 0 bridgehead atoms. The van der Waals surface area contributed by atoms with E-state index in [4.69, 9.17) is 1.37 Å². The monoisotopic (exact) mass is 159 g/mol. The van der Waals surface area contributed by atoms with Crippen molar-refractivity contribution in [1.82, 2.24) is 9.78 Å². The molecule has 2 nitrogen and oxygen atoms in total. The Morgan fingerprint density at radius 1 is 1.33 bits per heavy atom. The van der Waals surface area contributed by atoms with E-state index in [2.05, 4.69) is 5.10 Å². The lowest BCUT2D eigenvalue weighted by Crippen LogP contribution is -1.98. The second-order valence-corrected chi connectivity index (χ2v) is 2.62. The van der Waals surface area contributed by atoms with Gasteiger partial charge >= 0.3 is 0 Å². The topological polar surface area (TPSA) is 17.8 Å². The van der Waals surface area contributed by atoms with E-state index >= 15 is 0 Å². The van der Waals surface area contributed by atoms with Gasteiger partial charge < -0.3 is 0 Å². The third-order valence-electron chi connectivity index (χ3n) is 1.69. The van der Waals surface area contributed by atoms with Crippen LogP contribution in [0, 0.1) is 0 Å². The molecule has 0 aliphatic carbocycles. The zero-order valence-corrected chi connectivity index (χ0v) is 6.64. The summed E-state index contributed by atoms with van der Waals surface area (Å²) in [6.45, 7) is 0.736. The number of rotatable bonds is 2. The Balaban J connectivity index is 2.15. The average molecular weight is 159 g/mol. The second kappa shape index (κ2) is 3.22. The molecular formula is C10H10N2. The minimum Gasteiger partial charge on any atom is -0.268 e. The van der Waals surface area contributed by atoms with Crippen molar-refractivity contribution >= 4 is 0 Å². The SMILES string of the molecule is [2H]c1cnn(Cc2ccccc2)c1. The summed E-state index contributed by atoms with van der Waals surface area (Å²) in [5, 5.41) is 4.04. The van der Waals surface area contributed by atoms with Gasteiger partial charge in [0, 0.05) is 12.4 Å². The van der Waals surface area contributed by atoms with Crippen LogP contribution in [-0.4, -0.2) is 9.78 Å². The highest BCUT2D eigenvalue weighted by molar-refractivity contribution is 5.14. The highest BCUT2D eigenvalue weighted by atomic mass is 15.3. The number of aromatic nitrogens is 2. The van der Waals surface area contributed by atoms with Crippen LogP contribution in [-0.2, 0) is 6.54 Å². The van der Waals surface area contributed by atoms with E-state index in [0.29, 0.717) is 6.04 Å². The summed E-state index contributed by atoms with van der Waals surface area (Å²) >= 11 is 0. The highest BCUT2D eigenvalue weighted by Gasteiger charge is 1.91. The van der Waals surface area contributed by atoms with Crippen LogP contribution in [0.15, 0.2) is 48.8 Å². The summed E-state index contributed by atoms with van der Waals surface area (Å²) in [5.74, 6) is 0. The molecule has 0 saturated carbocycles. The van der Waals surface area contributed by atoms with E-state index in [0.717, 1.165) is 6.54 Å². The first-order valence-corrected chi connectivity index (χ1v) is 3.87. The lowest BCUT2D eigenvalue weighted by Gasteiger charge is -1.99. The molecule has 12 heavy (non-hydrogen) atoms. The fourth-order valence-corrected chi connectivity index (χ4v) is 1.12. The van der Waals surface area contributed by atoms with Gasteiger partial charge in [-0.25, -0.2) is 0 Å². The first kappa shape index (κ1) is 6.00. The summed E-state index contributed by atoms with van der Waals surface area (Å²) in [5.41, 5.74) is 1.20. The fourth-order valence-electron chi connectivity index (χ4n) is 1.12. The number of benzene rings is 1. The molecule has 60 valence electrons. The lowest BCUT2D eigenvalue weighted by molar-refractivity contribution is 0.687. The highest BCUT2D eigenvalue weighted by Crippen LogP contribution is 2.00. The van der Waals surface area contributed by atoms with Crippen LogP contribution >= 0.6 is 0 Å². The zero-order valence-electron chi connectivity index (χ0n) is 7.64. The van der Waals surface area contributed by atoms with Gasteiger partial charge in [0.2, 0.25) is 0 Å². The Morgan fingerprint density at radius 3 is 2.83 bits per heavy atom. The Bertz CT molecular complexity index is 381. The maximum Gasteiger partial charge on any atom is 0.0659 e. The summed E-state index contributed by atoms with van der Waals surface area (Å²) in [4.78, 5) is 0. The van der Waals surface area contributed by atoms with Gasteiger partial charge in [-0.15, -0.1) is 0 Å². The third kappa shape index (κ3) is 1.53. The molecule has 0 radical (unpaired) electrons. The molecule has 0 N–H and O–H groups in total.